The van der Waals surface area contributed by atoms with E-state index in [1.807, 2.05) is 20.8 Å². The highest BCUT2D eigenvalue weighted by Gasteiger charge is 2.25. The number of nitrogens with two attached hydrogens (primary N) is 1. The molecule has 0 fully saturated rings. The number of aliphatic imine (C=N–C) groups is 1. The first-order valence-corrected chi connectivity index (χ1v) is 6.26. The van der Waals surface area contributed by atoms with Gasteiger partial charge in [0, 0.05) is 6.54 Å². The van der Waals surface area contributed by atoms with Crippen LogP contribution in [0.1, 0.15) is 27.7 Å². The maximum atomic E-state index is 11.9. The Labute approximate surface area is 113 Å². The second-order valence-corrected chi connectivity index (χ2v) is 5.50. The van der Waals surface area contributed by atoms with E-state index in [1.54, 1.807) is 11.8 Å². The molecule has 1 aliphatic heterocycles. The van der Waals surface area contributed by atoms with Crippen molar-refractivity contribution in [2.45, 2.75) is 39.3 Å². The summed E-state index contributed by atoms with van der Waals surface area (Å²) in [6.45, 7) is 8.38. The van der Waals surface area contributed by atoms with Crippen molar-refractivity contribution in [1.29, 1.82) is 0 Å². The van der Waals surface area contributed by atoms with Gasteiger partial charge in [-0.15, -0.1) is 0 Å². The number of nitrogens with one attached hydrogen (secondary N) is 1. The number of rotatable bonds is 2. The summed E-state index contributed by atoms with van der Waals surface area (Å²) in [5, 5.41) is 2.89. The van der Waals surface area contributed by atoms with Crippen LogP contribution >= 0.6 is 0 Å². The van der Waals surface area contributed by atoms with E-state index in [0.29, 0.717) is 25.5 Å². The molecule has 0 saturated heterocycles. The van der Waals surface area contributed by atoms with Gasteiger partial charge in [0.2, 0.25) is 5.91 Å². The predicted octanol–water partition coefficient (Wildman–Crippen LogP) is 0.0990. The normalized spacial score (nSPS) is 17.5. The zero-order valence-corrected chi connectivity index (χ0v) is 11.9. The molecule has 0 aliphatic carbocycles. The molecule has 0 spiro atoms. The van der Waals surface area contributed by atoms with Crippen molar-refractivity contribution < 1.29 is 14.3 Å². The van der Waals surface area contributed by atoms with Crippen LogP contribution in [-0.4, -0.2) is 54.0 Å². The Balaban J connectivity index is 2.56. The maximum absolute atomic E-state index is 11.9. The van der Waals surface area contributed by atoms with E-state index < -0.39 is 17.6 Å². The van der Waals surface area contributed by atoms with Crippen LogP contribution in [0.25, 0.3) is 0 Å². The smallest absolute Gasteiger partial charge is 0.410 e. The topological polar surface area (TPSA) is 97.0 Å². The van der Waals surface area contributed by atoms with Crippen molar-refractivity contribution in [3.63, 3.8) is 0 Å². The number of nitrogens with zero attached hydrogens (tertiary/aromatic N) is 2. The van der Waals surface area contributed by atoms with E-state index in [0.717, 1.165) is 0 Å². The van der Waals surface area contributed by atoms with Crippen molar-refractivity contribution in [3.8, 4) is 0 Å². The average Bonchev–Trinajstić information content (AvgIpc) is 2.27. The first-order chi connectivity index (χ1) is 8.69. The van der Waals surface area contributed by atoms with Gasteiger partial charge in [-0.3, -0.25) is 14.7 Å². The molecule has 19 heavy (non-hydrogen) atoms. The molecule has 0 aromatic rings. The van der Waals surface area contributed by atoms with Crippen LogP contribution < -0.4 is 11.1 Å². The molecule has 0 radical (unpaired) electrons. The van der Waals surface area contributed by atoms with E-state index in [9.17, 15) is 9.59 Å². The lowest BCUT2D eigenvalue weighted by atomic mass is 10.2. The van der Waals surface area contributed by atoms with Crippen LogP contribution in [0.5, 0.6) is 0 Å². The summed E-state index contributed by atoms with van der Waals surface area (Å²) in [5.41, 5.74) is 4.64. The number of primary amides is 1. The van der Waals surface area contributed by atoms with Crippen molar-refractivity contribution in [1.82, 2.24) is 10.2 Å². The van der Waals surface area contributed by atoms with Gasteiger partial charge in [-0.05, 0) is 27.7 Å². The zero-order valence-electron chi connectivity index (χ0n) is 11.9. The summed E-state index contributed by atoms with van der Waals surface area (Å²) < 4.78 is 5.29. The van der Waals surface area contributed by atoms with Crippen LogP contribution in [0.15, 0.2) is 4.99 Å². The Hall–Kier alpha value is -1.79. The van der Waals surface area contributed by atoms with Crippen LogP contribution in [0.2, 0.25) is 0 Å². The van der Waals surface area contributed by atoms with Gasteiger partial charge in [-0.2, -0.15) is 0 Å². The Morgan fingerprint density at radius 3 is 2.63 bits per heavy atom. The highest BCUT2D eigenvalue weighted by molar-refractivity contribution is 5.92. The van der Waals surface area contributed by atoms with Crippen molar-refractivity contribution in [2.24, 2.45) is 10.7 Å². The minimum atomic E-state index is -0.528. The highest BCUT2D eigenvalue weighted by Crippen LogP contribution is 2.11. The molecule has 0 aromatic carbocycles. The lowest BCUT2D eigenvalue weighted by Gasteiger charge is -2.30. The first kappa shape index (κ1) is 15.3. The Kier molecular flexibility index (Phi) is 4.74. The molecule has 2 amide bonds. The molecule has 1 rings (SSSR count). The number of carbonyl (C=O) groups is 2. The van der Waals surface area contributed by atoms with Crippen molar-refractivity contribution in [2.75, 3.05) is 19.6 Å². The van der Waals surface area contributed by atoms with Gasteiger partial charge < -0.3 is 15.8 Å². The summed E-state index contributed by atoms with van der Waals surface area (Å²) >= 11 is 0. The van der Waals surface area contributed by atoms with Crippen LogP contribution in [0.4, 0.5) is 4.79 Å². The maximum Gasteiger partial charge on any atom is 0.410 e. The molecule has 0 bridgehead atoms. The Bertz CT molecular complexity index is 387. The van der Waals surface area contributed by atoms with Crippen LogP contribution in [0, 0.1) is 0 Å². The number of amides is 2. The number of ether oxygens (including phenoxy) is 1. The summed E-state index contributed by atoms with van der Waals surface area (Å²) in [6.07, 6.45) is -0.381. The molecule has 108 valence electrons. The monoisotopic (exact) mass is 270 g/mol. The van der Waals surface area contributed by atoms with Gasteiger partial charge in [-0.1, -0.05) is 0 Å². The summed E-state index contributed by atoms with van der Waals surface area (Å²) in [6, 6.07) is -0.516. The fourth-order valence-electron chi connectivity index (χ4n) is 1.51. The second-order valence-electron chi connectivity index (χ2n) is 5.50. The number of hydrogen-bond donors (Lipinski definition) is 2. The number of hydrogen-bond acceptors (Lipinski definition) is 5. The molecule has 1 atom stereocenters. The van der Waals surface area contributed by atoms with Crippen LogP contribution in [-0.2, 0) is 9.53 Å². The van der Waals surface area contributed by atoms with Gasteiger partial charge in [0.05, 0.1) is 13.1 Å². The first-order valence-electron chi connectivity index (χ1n) is 6.26. The van der Waals surface area contributed by atoms with Crippen molar-refractivity contribution >= 4 is 17.8 Å². The summed E-state index contributed by atoms with van der Waals surface area (Å²) in [7, 11) is 0. The molecule has 0 aromatic heterocycles. The molecular weight excluding hydrogens is 248 g/mol. The lowest BCUT2D eigenvalue weighted by Crippen LogP contribution is -2.51. The SMILES string of the molecule is CC(NC1=NCCN(C(=O)OC(C)(C)C)C1)C(N)=O. The minimum absolute atomic E-state index is 0.298. The summed E-state index contributed by atoms with van der Waals surface area (Å²) in [5.74, 6) is 0.112. The molecule has 7 nitrogen and oxygen atoms in total. The molecule has 0 saturated carbocycles. The van der Waals surface area contributed by atoms with E-state index in [2.05, 4.69) is 10.3 Å². The fourth-order valence-corrected chi connectivity index (χ4v) is 1.51. The Morgan fingerprint density at radius 1 is 1.47 bits per heavy atom. The second kappa shape index (κ2) is 5.90. The molecular formula is C12H22N4O3. The highest BCUT2D eigenvalue weighted by atomic mass is 16.6. The van der Waals surface area contributed by atoms with Gasteiger partial charge in [0.1, 0.15) is 17.5 Å². The quantitative estimate of drug-likeness (QED) is 0.743. The Morgan fingerprint density at radius 2 is 2.11 bits per heavy atom. The average molecular weight is 270 g/mol. The van der Waals surface area contributed by atoms with Gasteiger partial charge in [-0.25, -0.2) is 4.79 Å². The standard InChI is InChI=1S/C12H22N4O3/c1-8(10(13)17)15-9-7-16(6-5-14-9)11(18)19-12(2,3)4/h8H,5-7H2,1-4H3,(H2,13,17)(H,14,15). The minimum Gasteiger partial charge on any atom is -0.444 e. The molecule has 7 heteroatoms. The lowest BCUT2D eigenvalue weighted by molar-refractivity contribution is -0.119. The van der Waals surface area contributed by atoms with E-state index in [1.165, 1.54) is 0 Å². The predicted molar refractivity (Wildman–Crippen MR) is 71.9 cm³/mol. The molecule has 1 unspecified atom stereocenters. The third-order valence-electron chi connectivity index (χ3n) is 2.47. The molecule has 1 heterocycles. The van der Waals surface area contributed by atoms with Crippen LogP contribution in [0.3, 0.4) is 0 Å². The molecule has 1 aliphatic rings. The van der Waals surface area contributed by atoms with Gasteiger partial charge >= 0.3 is 6.09 Å². The van der Waals surface area contributed by atoms with Gasteiger partial charge in [0.15, 0.2) is 0 Å². The van der Waals surface area contributed by atoms with Crippen molar-refractivity contribution in [3.05, 3.63) is 0 Å². The number of carbonyl (C=O) groups excluding carboxylic acids is 2. The van der Waals surface area contributed by atoms with E-state index >= 15 is 0 Å². The number of amidine groups is 1. The van der Waals surface area contributed by atoms with E-state index in [4.69, 9.17) is 10.5 Å². The molecule has 3 N–H and O–H groups in total. The third kappa shape index (κ3) is 5.15. The third-order valence-corrected chi connectivity index (χ3v) is 2.47. The zero-order chi connectivity index (χ0) is 14.6. The fraction of sp³-hybridized carbons (Fsp3) is 0.750. The van der Waals surface area contributed by atoms with E-state index in [-0.39, 0.29) is 6.09 Å². The largest absolute Gasteiger partial charge is 0.444 e. The van der Waals surface area contributed by atoms with Gasteiger partial charge in [0.25, 0.3) is 0 Å². The summed E-state index contributed by atoms with van der Waals surface area (Å²) in [4.78, 5) is 28.7.